The van der Waals surface area contributed by atoms with Crippen LogP contribution in [0, 0.1) is 12.3 Å². The molecule has 1 fully saturated rings. The molecule has 1 aromatic carbocycles. The fourth-order valence-corrected chi connectivity index (χ4v) is 3.06. The van der Waals surface area contributed by atoms with Gasteiger partial charge in [-0.3, -0.25) is 0 Å². The highest BCUT2D eigenvalue weighted by atomic mass is 16.3. The summed E-state index contributed by atoms with van der Waals surface area (Å²) in [6.07, 6.45) is 2.07. The predicted molar refractivity (Wildman–Crippen MR) is 66.3 cm³/mol. The Morgan fingerprint density at radius 1 is 1.31 bits per heavy atom. The van der Waals surface area contributed by atoms with E-state index in [4.69, 9.17) is 5.73 Å². The van der Waals surface area contributed by atoms with Gasteiger partial charge in [-0.1, -0.05) is 36.8 Å². The first kappa shape index (κ1) is 11.6. The molecule has 0 spiro atoms. The Bertz CT molecular complexity index is 367. The molecule has 2 rings (SSSR count). The fourth-order valence-electron chi connectivity index (χ4n) is 3.06. The van der Waals surface area contributed by atoms with E-state index in [9.17, 15) is 5.11 Å². The zero-order valence-electron chi connectivity index (χ0n) is 10.2. The average Bonchev–Trinajstić information content (AvgIpc) is 3.00. The number of hydrogen-bond acceptors (Lipinski definition) is 2. The van der Waals surface area contributed by atoms with Gasteiger partial charge in [-0.2, -0.15) is 0 Å². The maximum absolute atomic E-state index is 9.56. The summed E-state index contributed by atoms with van der Waals surface area (Å²) in [6.45, 7) is 5.06. The molecule has 16 heavy (non-hydrogen) atoms. The Kier molecular flexibility index (Phi) is 2.81. The van der Waals surface area contributed by atoms with Crippen molar-refractivity contribution in [3.63, 3.8) is 0 Å². The second-order valence-corrected chi connectivity index (χ2v) is 5.12. The molecule has 0 amide bonds. The Morgan fingerprint density at radius 3 is 2.31 bits per heavy atom. The smallest absolute Gasteiger partial charge is 0.0508 e. The van der Waals surface area contributed by atoms with Gasteiger partial charge >= 0.3 is 0 Å². The van der Waals surface area contributed by atoms with Crippen molar-refractivity contribution < 1.29 is 5.11 Å². The molecule has 88 valence electrons. The number of aliphatic hydroxyl groups excluding tert-OH is 1. The van der Waals surface area contributed by atoms with Crippen LogP contribution in [0.4, 0.5) is 0 Å². The second kappa shape index (κ2) is 3.86. The van der Waals surface area contributed by atoms with Gasteiger partial charge in [0.25, 0.3) is 0 Å². The topological polar surface area (TPSA) is 46.2 Å². The summed E-state index contributed by atoms with van der Waals surface area (Å²) in [6, 6.07) is 8.66. The van der Waals surface area contributed by atoms with Gasteiger partial charge in [-0.25, -0.2) is 0 Å². The number of rotatable bonds is 4. The van der Waals surface area contributed by atoms with E-state index < -0.39 is 0 Å². The lowest BCUT2D eigenvalue weighted by atomic mass is 9.84. The Labute approximate surface area is 97.5 Å². The molecule has 1 saturated carbocycles. The van der Waals surface area contributed by atoms with Crippen molar-refractivity contribution in [2.45, 2.75) is 32.1 Å². The van der Waals surface area contributed by atoms with E-state index in [0.717, 1.165) is 12.8 Å². The van der Waals surface area contributed by atoms with Gasteiger partial charge < -0.3 is 10.8 Å². The third-order valence-corrected chi connectivity index (χ3v) is 4.43. The van der Waals surface area contributed by atoms with Gasteiger partial charge in [0, 0.05) is 17.4 Å². The SMILES string of the molecule is CCC1(c2ccc(C)cc2)CC1(CN)CO. The lowest BCUT2D eigenvalue weighted by molar-refractivity contribution is 0.193. The van der Waals surface area contributed by atoms with Crippen LogP contribution in [0.3, 0.4) is 0 Å². The number of aliphatic hydroxyl groups is 1. The molecule has 2 atom stereocenters. The van der Waals surface area contributed by atoms with Gasteiger partial charge in [0.2, 0.25) is 0 Å². The second-order valence-electron chi connectivity index (χ2n) is 5.12. The normalized spacial score (nSPS) is 32.8. The third-order valence-electron chi connectivity index (χ3n) is 4.43. The average molecular weight is 219 g/mol. The highest BCUT2D eigenvalue weighted by molar-refractivity contribution is 5.39. The van der Waals surface area contributed by atoms with Crippen molar-refractivity contribution in [1.82, 2.24) is 0 Å². The molecule has 0 radical (unpaired) electrons. The monoisotopic (exact) mass is 219 g/mol. The molecule has 0 heterocycles. The van der Waals surface area contributed by atoms with Crippen molar-refractivity contribution in [2.24, 2.45) is 11.1 Å². The van der Waals surface area contributed by atoms with E-state index in [-0.39, 0.29) is 17.4 Å². The molecular formula is C14H21NO. The molecule has 1 aromatic rings. The molecule has 2 nitrogen and oxygen atoms in total. The van der Waals surface area contributed by atoms with Crippen LogP contribution in [0.2, 0.25) is 0 Å². The van der Waals surface area contributed by atoms with E-state index >= 15 is 0 Å². The van der Waals surface area contributed by atoms with E-state index in [1.807, 2.05) is 0 Å². The standard InChI is InChI=1S/C14H21NO/c1-3-14(8-13(14,9-15)10-16)12-6-4-11(2)5-7-12/h4-7,16H,3,8-10,15H2,1-2H3. The van der Waals surface area contributed by atoms with Gasteiger partial charge in [0.15, 0.2) is 0 Å². The fraction of sp³-hybridized carbons (Fsp3) is 0.571. The lowest BCUT2D eigenvalue weighted by Gasteiger charge is -2.23. The van der Waals surface area contributed by atoms with Crippen molar-refractivity contribution >= 4 is 0 Å². The minimum absolute atomic E-state index is 0.0724. The lowest BCUT2D eigenvalue weighted by Crippen LogP contribution is -2.29. The van der Waals surface area contributed by atoms with Crippen molar-refractivity contribution in [3.05, 3.63) is 35.4 Å². The molecule has 0 aliphatic heterocycles. The summed E-state index contributed by atoms with van der Waals surface area (Å²) in [7, 11) is 0. The molecule has 0 bridgehead atoms. The van der Waals surface area contributed by atoms with Crippen LogP contribution in [0.5, 0.6) is 0 Å². The predicted octanol–water partition coefficient (Wildman–Crippen LogP) is 1.98. The van der Waals surface area contributed by atoms with Crippen LogP contribution < -0.4 is 5.73 Å². The van der Waals surface area contributed by atoms with Crippen LogP contribution in [-0.4, -0.2) is 18.3 Å². The molecular weight excluding hydrogens is 198 g/mol. The number of nitrogens with two attached hydrogens (primary N) is 1. The van der Waals surface area contributed by atoms with Crippen LogP contribution in [-0.2, 0) is 5.41 Å². The molecule has 0 saturated heterocycles. The molecule has 2 heteroatoms. The van der Waals surface area contributed by atoms with Crippen LogP contribution in [0.1, 0.15) is 30.9 Å². The summed E-state index contributed by atoms with van der Waals surface area (Å²) < 4.78 is 0. The zero-order chi connectivity index (χ0) is 11.8. The summed E-state index contributed by atoms with van der Waals surface area (Å²) >= 11 is 0. The molecule has 2 unspecified atom stereocenters. The molecule has 0 aromatic heterocycles. The molecule has 1 aliphatic rings. The summed E-state index contributed by atoms with van der Waals surface area (Å²) in [4.78, 5) is 0. The third kappa shape index (κ3) is 1.40. The number of hydrogen-bond donors (Lipinski definition) is 2. The summed E-state index contributed by atoms with van der Waals surface area (Å²) in [5.74, 6) is 0. The summed E-state index contributed by atoms with van der Waals surface area (Å²) in [5, 5.41) is 9.56. The highest BCUT2D eigenvalue weighted by Crippen LogP contribution is 2.65. The quantitative estimate of drug-likeness (QED) is 0.813. The number of aryl methyl sites for hydroxylation is 1. The molecule has 3 N–H and O–H groups in total. The van der Waals surface area contributed by atoms with E-state index in [1.54, 1.807) is 0 Å². The molecule has 1 aliphatic carbocycles. The largest absolute Gasteiger partial charge is 0.396 e. The minimum Gasteiger partial charge on any atom is -0.396 e. The first-order valence-electron chi connectivity index (χ1n) is 6.02. The van der Waals surface area contributed by atoms with Crippen molar-refractivity contribution in [3.8, 4) is 0 Å². The van der Waals surface area contributed by atoms with Gasteiger partial charge in [0.1, 0.15) is 0 Å². The van der Waals surface area contributed by atoms with E-state index in [0.29, 0.717) is 6.54 Å². The van der Waals surface area contributed by atoms with E-state index in [2.05, 4.69) is 38.1 Å². The zero-order valence-corrected chi connectivity index (χ0v) is 10.2. The first-order chi connectivity index (χ1) is 7.64. The maximum atomic E-state index is 9.56. The van der Waals surface area contributed by atoms with Gasteiger partial charge in [-0.15, -0.1) is 0 Å². The number of benzene rings is 1. The van der Waals surface area contributed by atoms with Crippen LogP contribution in [0.15, 0.2) is 24.3 Å². The Balaban J connectivity index is 2.35. The first-order valence-corrected chi connectivity index (χ1v) is 6.02. The van der Waals surface area contributed by atoms with Crippen LogP contribution >= 0.6 is 0 Å². The van der Waals surface area contributed by atoms with Gasteiger partial charge in [-0.05, 0) is 25.3 Å². The van der Waals surface area contributed by atoms with Crippen molar-refractivity contribution in [2.75, 3.05) is 13.2 Å². The summed E-state index contributed by atoms with van der Waals surface area (Å²) in [5.41, 5.74) is 8.49. The highest BCUT2D eigenvalue weighted by Gasteiger charge is 2.65. The van der Waals surface area contributed by atoms with E-state index in [1.165, 1.54) is 11.1 Å². The maximum Gasteiger partial charge on any atom is 0.0508 e. The van der Waals surface area contributed by atoms with Crippen LogP contribution in [0.25, 0.3) is 0 Å². The van der Waals surface area contributed by atoms with Crippen molar-refractivity contribution in [1.29, 1.82) is 0 Å². The minimum atomic E-state index is -0.0724. The Hall–Kier alpha value is -0.860. The Morgan fingerprint density at radius 2 is 1.94 bits per heavy atom. The van der Waals surface area contributed by atoms with Gasteiger partial charge in [0.05, 0.1) is 6.61 Å².